The van der Waals surface area contributed by atoms with E-state index in [1.807, 2.05) is 44.2 Å². The summed E-state index contributed by atoms with van der Waals surface area (Å²) in [7, 11) is 0. The van der Waals surface area contributed by atoms with Crippen molar-refractivity contribution in [1.29, 1.82) is 0 Å². The van der Waals surface area contributed by atoms with Gasteiger partial charge in [0.05, 0.1) is 5.69 Å². The molecule has 1 aromatic heterocycles. The highest BCUT2D eigenvalue weighted by Gasteiger charge is 2.07. The van der Waals surface area contributed by atoms with E-state index in [9.17, 15) is 5.11 Å². The lowest BCUT2D eigenvalue weighted by Crippen LogP contribution is -2.31. The van der Waals surface area contributed by atoms with Gasteiger partial charge in [-0.05, 0) is 43.2 Å². The van der Waals surface area contributed by atoms with Crippen LogP contribution in [0.25, 0.3) is 0 Å². The van der Waals surface area contributed by atoms with Crippen LogP contribution in [0.5, 0.6) is 5.75 Å². The summed E-state index contributed by atoms with van der Waals surface area (Å²) in [6, 6.07) is 9.77. The molecule has 2 rings (SSSR count). The molecule has 21 heavy (non-hydrogen) atoms. The Morgan fingerprint density at radius 1 is 1.29 bits per heavy atom. The Morgan fingerprint density at radius 2 is 2.14 bits per heavy atom. The van der Waals surface area contributed by atoms with Crippen LogP contribution in [0.3, 0.4) is 0 Å². The number of aryl methyl sites for hydroxylation is 2. The van der Waals surface area contributed by atoms with Crippen LogP contribution in [0.2, 0.25) is 0 Å². The van der Waals surface area contributed by atoms with Gasteiger partial charge in [-0.3, -0.25) is 0 Å². The number of ether oxygens (including phenoxy) is 1. The first-order valence-corrected chi connectivity index (χ1v) is 7.00. The molecular formula is C16H21N3O2. The van der Waals surface area contributed by atoms with E-state index in [1.165, 1.54) is 0 Å². The van der Waals surface area contributed by atoms with Crippen molar-refractivity contribution in [3.63, 3.8) is 0 Å². The maximum atomic E-state index is 9.93. The van der Waals surface area contributed by atoms with Crippen LogP contribution >= 0.6 is 0 Å². The third-order valence-corrected chi connectivity index (χ3v) is 3.09. The van der Waals surface area contributed by atoms with Crippen molar-refractivity contribution in [2.24, 2.45) is 0 Å². The lowest BCUT2D eigenvalue weighted by atomic mass is 10.1. The fraction of sp³-hybridized carbons (Fsp3) is 0.375. The molecule has 1 aromatic carbocycles. The second kappa shape index (κ2) is 7.71. The van der Waals surface area contributed by atoms with Crippen LogP contribution in [-0.4, -0.2) is 34.6 Å². The summed E-state index contributed by atoms with van der Waals surface area (Å²) in [5.74, 6) is 0.822. The largest absolute Gasteiger partial charge is 0.491 e. The highest BCUT2D eigenvalue weighted by molar-refractivity contribution is 5.35. The molecule has 2 aromatic rings. The number of hydrogen-bond acceptors (Lipinski definition) is 5. The zero-order valence-corrected chi connectivity index (χ0v) is 12.4. The second-order valence-electron chi connectivity index (χ2n) is 5.08. The van der Waals surface area contributed by atoms with Crippen molar-refractivity contribution < 1.29 is 9.84 Å². The van der Waals surface area contributed by atoms with E-state index in [-0.39, 0.29) is 6.61 Å². The molecule has 5 heteroatoms. The third kappa shape index (κ3) is 5.13. The van der Waals surface area contributed by atoms with E-state index >= 15 is 0 Å². The van der Waals surface area contributed by atoms with Crippen LogP contribution in [0.4, 0.5) is 0 Å². The first-order chi connectivity index (χ1) is 10.1. The number of aliphatic hydroxyl groups is 1. The molecule has 0 spiro atoms. The van der Waals surface area contributed by atoms with Gasteiger partial charge in [0.1, 0.15) is 18.5 Å². The monoisotopic (exact) mass is 287 g/mol. The Kier molecular flexibility index (Phi) is 5.66. The summed E-state index contributed by atoms with van der Waals surface area (Å²) in [4.78, 5) is 0. The SMILES string of the molecule is Cc1ccc(C)c(OCC(O)CNCc2cccnn2)c1. The standard InChI is InChI=1S/C16H21N3O2/c1-12-5-6-13(2)16(8-12)21-11-15(20)10-17-9-14-4-3-7-18-19-14/h3-8,15,17,20H,9-11H2,1-2H3. The van der Waals surface area contributed by atoms with Crippen molar-refractivity contribution in [3.8, 4) is 5.75 Å². The predicted octanol–water partition coefficient (Wildman–Crippen LogP) is 1.62. The molecule has 0 fully saturated rings. The zero-order chi connectivity index (χ0) is 15.1. The Balaban J connectivity index is 1.72. The summed E-state index contributed by atoms with van der Waals surface area (Å²) < 4.78 is 5.66. The first-order valence-electron chi connectivity index (χ1n) is 7.00. The molecule has 0 bridgehead atoms. The van der Waals surface area contributed by atoms with Gasteiger partial charge >= 0.3 is 0 Å². The first kappa shape index (κ1) is 15.4. The zero-order valence-electron chi connectivity index (χ0n) is 12.4. The Morgan fingerprint density at radius 3 is 2.90 bits per heavy atom. The van der Waals surface area contributed by atoms with Gasteiger partial charge in [-0.1, -0.05) is 12.1 Å². The van der Waals surface area contributed by atoms with Crippen LogP contribution in [0.1, 0.15) is 16.8 Å². The molecule has 0 saturated heterocycles. The van der Waals surface area contributed by atoms with Gasteiger partial charge in [0.15, 0.2) is 0 Å². The van der Waals surface area contributed by atoms with Crippen LogP contribution in [0.15, 0.2) is 36.5 Å². The Labute approximate surface area is 125 Å². The minimum absolute atomic E-state index is 0.262. The van der Waals surface area contributed by atoms with E-state index in [4.69, 9.17) is 4.74 Å². The maximum absolute atomic E-state index is 9.93. The van der Waals surface area contributed by atoms with Crippen LogP contribution in [-0.2, 0) is 6.54 Å². The molecule has 1 unspecified atom stereocenters. The Hall–Kier alpha value is -1.98. The van der Waals surface area contributed by atoms with Crippen molar-refractivity contribution in [2.45, 2.75) is 26.5 Å². The number of nitrogens with zero attached hydrogens (tertiary/aromatic N) is 2. The third-order valence-electron chi connectivity index (χ3n) is 3.09. The van der Waals surface area contributed by atoms with Gasteiger partial charge in [-0.2, -0.15) is 10.2 Å². The highest BCUT2D eigenvalue weighted by Crippen LogP contribution is 2.19. The summed E-state index contributed by atoms with van der Waals surface area (Å²) in [6.07, 6.45) is 1.07. The van der Waals surface area contributed by atoms with Gasteiger partial charge in [0, 0.05) is 19.3 Å². The second-order valence-corrected chi connectivity index (χ2v) is 5.08. The number of hydrogen-bond donors (Lipinski definition) is 2. The lowest BCUT2D eigenvalue weighted by Gasteiger charge is -2.14. The molecular weight excluding hydrogens is 266 g/mol. The fourth-order valence-electron chi connectivity index (χ4n) is 1.90. The van der Waals surface area contributed by atoms with Crippen LogP contribution in [0, 0.1) is 13.8 Å². The van der Waals surface area contributed by atoms with E-state index in [2.05, 4.69) is 15.5 Å². The summed E-state index contributed by atoms with van der Waals surface area (Å²) >= 11 is 0. The number of nitrogens with one attached hydrogen (secondary N) is 1. The van der Waals surface area contributed by atoms with E-state index in [0.29, 0.717) is 13.1 Å². The Bertz CT molecular complexity index is 561. The molecule has 0 saturated carbocycles. The number of rotatable bonds is 7. The normalized spacial score (nSPS) is 12.1. The summed E-state index contributed by atoms with van der Waals surface area (Å²) in [5, 5.41) is 20.8. The quantitative estimate of drug-likeness (QED) is 0.810. The number of benzene rings is 1. The molecule has 112 valence electrons. The van der Waals surface area contributed by atoms with E-state index in [1.54, 1.807) is 6.20 Å². The topological polar surface area (TPSA) is 67.3 Å². The van der Waals surface area contributed by atoms with Gasteiger partial charge in [-0.25, -0.2) is 0 Å². The van der Waals surface area contributed by atoms with Gasteiger partial charge < -0.3 is 15.2 Å². The number of aliphatic hydroxyl groups excluding tert-OH is 1. The van der Waals surface area contributed by atoms with Gasteiger partial charge in [0.2, 0.25) is 0 Å². The van der Waals surface area contributed by atoms with Gasteiger partial charge in [0.25, 0.3) is 0 Å². The van der Waals surface area contributed by atoms with Crippen molar-refractivity contribution in [1.82, 2.24) is 15.5 Å². The average molecular weight is 287 g/mol. The van der Waals surface area contributed by atoms with Crippen LogP contribution < -0.4 is 10.1 Å². The van der Waals surface area contributed by atoms with E-state index < -0.39 is 6.10 Å². The number of aromatic nitrogens is 2. The maximum Gasteiger partial charge on any atom is 0.122 e. The molecule has 5 nitrogen and oxygen atoms in total. The van der Waals surface area contributed by atoms with Crippen molar-refractivity contribution >= 4 is 0 Å². The lowest BCUT2D eigenvalue weighted by molar-refractivity contribution is 0.105. The minimum Gasteiger partial charge on any atom is -0.491 e. The molecule has 1 heterocycles. The van der Waals surface area contributed by atoms with E-state index in [0.717, 1.165) is 22.6 Å². The molecule has 0 amide bonds. The minimum atomic E-state index is -0.568. The van der Waals surface area contributed by atoms with Crippen molar-refractivity contribution in [2.75, 3.05) is 13.2 Å². The van der Waals surface area contributed by atoms with Crippen molar-refractivity contribution in [3.05, 3.63) is 53.3 Å². The molecule has 2 N–H and O–H groups in total. The fourth-order valence-corrected chi connectivity index (χ4v) is 1.90. The molecule has 1 atom stereocenters. The smallest absolute Gasteiger partial charge is 0.122 e. The highest BCUT2D eigenvalue weighted by atomic mass is 16.5. The molecule has 0 aliphatic rings. The molecule has 0 radical (unpaired) electrons. The average Bonchev–Trinajstić information content (AvgIpc) is 2.49. The van der Waals surface area contributed by atoms with Gasteiger partial charge in [-0.15, -0.1) is 0 Å². The summed E-state index contributed by atoms with van der Waals surface area (Å²) in [5.41, 5.74) is 3.06. The predicted molar refractivity (Wildman–Crippen MR) is 81.2 cm³/mol. The summed E-state index contributed by atoms with van der Waals surface area (Å²) in [6.45, 7) is 5.30. The molecule has 0 aliphatic carbocycles. The molecule has 0 aliphatic heterocycles.